The molecule has 14 heavy (non-hydrogen) atoms. The van der Waals surface area contributed by atoms with E-state index in [4.69, 9.17) is 0 Å². The zero-order valence-electron chi connectivity index (χ0n) is 9.37. The number of hydrogen-bond acceptors (Lipinski definition) is 3. The summed E-state index contributed by atoms with van der Waals surface area (Å²) in [6.45, 7) is 4.15. The molecule has 0 aromatic rings. The number of likely N-dealkylation sites (tertiary alicyclic amines) is 1. The Kier molecular flexibility index (Phi) is 3.17. The quantitative estimate of drug-likeness (QED) is 0.683. The van der Waals surface area contributed by atoms with Gasteiger partial charge in [0.05, 0.1) is 0 Å². The van der Waals surface area contributed by atoms with Crippen molar-refractivity contribution in [2.24, 2.45) is 0 Å². The number of piperidine rings is 1. The molecule has 0 aromatic heterocycles. The Labute approximate surface area is 85.3 Å². The Hall–Kier alpha value is -0.610. The second-order valence-electron chi connectivity index (χ2n) is 4.41. The van der Waals surface area contributed by atoms with Crippen LogP contribution in [0.25, 0.3) is 0 Å². The maximum atomic E-state index is 11.2. The third kappa shape index (κ3) is 1.77. The summed E-state index contributed by atoms with van der Waals surface area (Å²) in [5.74, 6) is -0.730. The number of hydrogen-bond donors (Lipinski definition) is 2. The van der Waals surface area contributed by atoms with Gasteiger partial charge in [0.25, 0.3) is 0 Å². The minimum Gasteiger partial charge on any atom is -0.480 e. The molecule has 0 saturated carbocycles. The van der Waals surface area contributed by atoms with Crippen molar-refractivity contribution in [2.45, 2.75) is 44.3 Å². The van der Waals surface area contributed by atoms with Gasteiger partial charge in [-0.25, -0.2) is 0 Å². The normalized spacial score (nSPS) is 39.7. The van der Waals surface area contributed by atoms with E-state index in [9.17, 15) is 9.90 Å². The van der Waals surface area contributed by atoms with E-state index < -0.39 is 11.5 Å². The number of carboxylic acid groups (broad SMARTS) is 1. The molecule has 2 unspecified atom stereocenters. The zero-order valence-corrected chi connectivity index (χ0v) is 9.37. The van der Waals surface area contributed by atoms with Gasteiger partial charge in [0, 0.05) is 12.1 Å². The molecule has 1 saturated heterocycles. The van der Waals surface area contributed by atoms with E-state index >= 15 is 0 Å². The number of nitrogens with one attached hydrogen (secondary N) is 1. The van der Waals surface area contributed by atoms with Gasteiger partial charge in [-0.15, -0.1) is 0 Å². The van der Waals surface area contributed by atoms with Crippen molar-refractivity contribution in [1.29, 1.82) is 0 Å². The van der Waals surface area contributed by atoms with Gasteiger partial charge >= 0.3 is 5.97 Å². The van der Waals surface area contributed by atoms with Crippen molar-refractivity contribution < 1.29 is 9.90 Å². The summed E-state index contributed by atoms with van der Waals surface area (Å²) in [5.41, 5.74) is -0.731. The van der Waals surface area contributed by atoms with Crippen LogP contribution >= 0.6 is 0 Å². The van der Waals surface area contributed by atoms with Gasteiger partial charge in [-0.1, -0.05) is 0 Å². The topological polar surface area (TPSA) is 52.6 Å². The second-order valence-corrected chi connectivity index (χ2v) is 4.41. The minimum absolute atomic E-state index is 0.308. The fraction of sp³-hybridized carbons (Fsp3) is 0.900. The van der Waals surface area contributed by atoms with Crippen molar-refractivity contribution in [3.8, 4) is 0 Å². The number of carboxylic acids is 1. The van der Waals surface area contributed by atoms with E-state index in [0.717, 1.165) is 0 Å². The van der Waals surface area contributed by atoms with Crippen LogP contribution in [-0.4, -0.2) is 47.7 Å². The molecule has 0 radical (unpaired) electrons. The molecule has 1 aliphatic heterocycles. The Balaban J connectivity index is 2.86. The lowest BCUT2D eigenvalue weighted by atomic mass is 9.80. The Morgan fingerprint density at radius 1 is 1.43 bits per heavy atom. The van der Waals surface area contributed by atoms with Crippen LogP contribution in [0.4, 0.5) is 0 Å². The molecule has 0 bridgehead atoms. The van der Waals surface area contributed by atoms with Gasteiger partial charge in [0.2, 0.25) is 0 Å². The first kappa shape index (κ1) is 11.5. The Bertz CT molecular complexity index is 218. The molecule has 4 heteroatoms. The van der Waals surface area contributed by atoms with Crippen molar-refractivity contribution in [3.63, 3.8) is 0 Å². The van der Waals surface area contributed by atoms with Crippen LogP contribution in [0.3, 0.4) is 0 Å². The molecule has 82 valence electrons. The van der Waals surface area contributed by atoms with Crippen LogP contribution in [-0.2, 0) is 4.79 Å². The Morgan fingerprint density at radius 2 is 1.86 bits per heavy atom. The van der Waals surface area contributed by atoms with Gasteiger partial charge in [0.15, 0.2) is 0 Å². The summed E-state index contributed by atoms with van der Waals surface area (Å²) in [6, 6.07) is 0.615. The van der Waals surface area contributed by atoms with Gasteiger partial charge in [-0.3, -0.25) is 4.79 Å². The second kappa shape index (κ2) is 3.87. The lowest BCUT2D eigenvalue weighted by Crippen LogP contribution is -2.61. The SMILES string of the molecule is CNC1(C(=O)O)CC(C)N(C)C(C)C1. The van der Waals surface area contributed by atoms with E-state index in [-0.39, 0.29) is 0 Å². The van der Waals surface area contributed by atoms with Gasteiger partial charge in [-0.05, 0) is 40.8 Å². The van der Waals surface area contributed by atoms with Crippen molar-refractivity contribution >= 4 is 5.97 Å². The Morgan fingerprint density at radius 3 is 2.14 bits per heavy atom. The third-order valence-corrected chi connectivity index (χ3v) is 3.57. The summed E-state index contributed by atoms with van der Waals surface area (Å²) in [5, 5.41) is 12.2. The zero-order chi connectivity index (χ0) is 10.9. The first-order valence-electron chi connectivity index (χ1n) is 5.07. The van der Waals surface area contributed by atoms with Crippen molar-refractivity contribution in [2.75, 3.05) is 14.1 Å². The predicted molar refractivity (Wildman–Crippen MR) is 55.3 cm³/mol. The van der Waals surface area contributed by atoms with Crippen LogP contribution in [0.15, 0.2) is 0 Å². The molecular weight excluding hydrogens is 180 g/mol. The highest BCUT2D eigenvalue weighted by molar-refractivity contribution is 5.79. The van der Waals surface area contributed by atoms with E-state index in [0.29, 0.717) is 24.9 Å². The van der Waals surface area contributed by atoms with Gasteiger partial charge in [0.1, 0.15) is 5.54 Å². The molecule has 4 nitrogen and oxygen atoms in total. The van der Waals surface area contributed by atoms with E-state index in [1.54, 1.807) is 7.05 Å². The van der Waals surface area contributed by atoms with Gasteiger partial charge in [-0.2, -0.15) is 0 Å². The van der Waals surface area contributed by atoms with Crippen LogP contribution < -0.4 is 5.32 Å². The first-order valence-corrected chi connectivity index (χ1v) is 5.07. The summed E-state index contributed by atoms with van der Waals surface area (Å²) < 4.78 is 0. The maximum absolute atomic E-state index is 11.2. The van der Waals surface area contributed by atoms with E-state index in [1.165, 1.54) is 0 Å². The molecule has 0 spiro atoms. The van der Waals surface area contributed by atoms with Gasteiger partial charge < -0.3 is 15.3 Å². The molecule has 1 aliphatic rings. The smallest absolute Gasteiger partial charge is 0.324 e. The lowest BCUT2D eigenvalue weighted by Gasteiger charge is -2.45. The highest BCUT2D eigenvalue weighted by atomic mass is 16.4. The first-order chi connectivity index (χ1) is 6.43. The predicted octanol–water partition coefficient (Wildman–Crippen LogP) is 0.532. The largest absolute Gasteiger partial charge is 0.480 e. The molecule has 2 N–H and O–H groups in total. The van der Waals surface area contributed by atoms with Crippen LogP contribution in [0, 0.1) is 0 Å². The van der Waals surface area contributed by atoms with Crippen molar-refractivity contribution in [1.82, 2.24) is 10.2 Å². The molecule has 0 aromatic carbocycles. The van der Waals surface area contributed by atoms with E-state index in [2.05, 4.69) is 31.1 Å². The van der Waals surface area contributed by atoms with E-state index in [1.807, 2.05) is 0 Å². The lowest BCUT2D eigenvalue weighted by molar-refractivity contribution is -0.148. The van der Waals surface area contributed by atoms with Crippen LogP contribution in [0.2, 0.25) is 0 Å². The number of nitrogens with zero attached hydrogens (tertiary/aromatic N) is 1. The molecule has 1 heterocycles. The highest BCUT2D eigenvalue weighted by Gasteiger charge is 2.44. The molecular formula is C10H20N2O2. The minimum atomic E-state index is -0.731. The molecule has 1 rings (SSSR count). The molecule has 0 aliphatic carbocycles. The average Bonchev–Trinajstić information content (AvgIpc) is 2.13. The van der Waals surface area contributed by atoms with Crippen LogP contribution in [0.1, 0.15) is 26.7 Å². The maximum Gasteiger partial charge on any atom is 0.324 e. The molecule has 2 atom stereocenters. The number of rotatable bonds is 2. The van der Waals surface area contributed by atoms with Crippen molar-refractivity contribution in [3.05, 3.63) is 0 Å². The molecule has 1 fully saturated rings. The average molecular weight is 200 g/mol. The summed E-state index contributed by atoms with van der Waals surface area (Å²) in [6.07, 6.45) is 1.33. The summed E-state index contributed by atoms with van der Waals surface area (Å²) in [4.78, 5) is 13.5. The van der Waals surface area contributed by atoms with Crippen LogP contribution in [0.5, 0.6) is 0 Å². The number of likely N-dealkylation sites (N-methyl/N-ethyl adjacent to an activating group) is 1. The standard InChI is InChI=1S/C10H20N2O2/c1-7-5-10(11-3,9(13)14)6-8(2)12(7)4/h7-8,11H,5-6H2,1-4H3,(H,13,14). The fourth-order valence-corrected chi connectivity index (χ4v) is 2.30. The third-order valence-electron chi connectivity index (χ3n) is 3.57. The summed E-state index contributed by atoms with van der Waals surface area (Å²) >= 11 is 0. The fourth-order valence-electron chi connectivity index (χ4n) is 2.30. The monoisotopic (exact) mass is 200 g/mol. The summed E-state index contributed by atoms with van der Waals surface area (Å²) in [7, 11) is 3.79. The number of aliphatic carboxylic acids is 1. The number of carbonyl (C=O) groups is 1. The molecule has 0 amide bonds. The highest BCUT2D eigenvalue weighted by Crippen LogP contribution is 2.29.